The third-order valence-electron chi connectivity index (χ3n) is 5.22. The Bertz CT molecular complexity index is 1450. The van der Waals surface area contributed by atoms with E-state index in [1.165, 1.54) is 0 Å². The Morgan fingerprint density at radius 1 is 1.10 bits per heavy atom. The third-order valence-corrected chi connectivity index (χ3v) is 5.53. The number of benzene rings is 2. The fourth-order valence-electron chi connectivity index (χ4n) is 3.75. The van der Waals surface area contributed by atoms with Crippen molar-refractivity contribution in [1.29, 1.82) is 0 Å². The van der Waals surface area contributed by atoms with Gasteiger partial charge in [-0.1, -0.05) is 23.7 Å². The molecule has 2 N–H and O–H groups in total. The van der Waals surface area contributed by atoms with E-state index in [0.29, 0.717) is 21.5 Å². The van der Waals surface area contributed by atoms with Crippen molar-refractivity contribution in [2.75, 3.05) is 0 Å². The normalized spacial score (nSPS) is 11.4. The van der Waals surface area contributed by atoms with Gasteiger partial charge in [-0.05, 0) is 42.0 Å². The van der Waals surface area contributed by atoms with E-state index < -0.39 is 5.56 Å². The molecule has 3 aromatic heterocycles. The Kier molecular flexibility index (Phi) is 3.93. The first kappa shape index (κ1) is 17.5. The molecule has 0 spiro atoms. The number of nitrogens with one attached hydrogen (secondary N) is 1. The molecule has 0 radical (unpaired) electrons. The second kappa shape index (κ2) is 6.50. The Morgan fingerprint density at radius 3 is 2.76 bits per heavy atom. The van der Waals surface area contributed by atoms with Crippen LogP contribution >= 0.6 is 11.6 Å². The molecule has 0 saturated heterocycles. The molecule has 5 rings (SSSR count). The van der Waals surface area contributed by atoms with E-state index in [1.807, 2.05) is 37.5 Å². The lowest BCUT2D eigenvalue weighted by molar-refractivity contribution is 0.482. The van der Waals surface area contributed by atoms with Crippen molar-refractivity contribution in [2.45, 2.75) is 0 Å². The van der Waals surface area contributed by atoms with Crippen molar-refractivity contribution in [3.8, 4) is 28.0 Å². The number of rotatable bonds is 2. The summed E-state index contributed by atoms with van der Waals surface area (Å²) in [7, 11) is 2.00. The third kappa shape index (κ3) is 2.79. The van der Waals surface area contributed by atoms with E-state index >= 15 is 0 Å². The molecule has 0 fully saturated rings. The van der Waals surface area contributed by atoms with E-state index in [4.69, 9.17) is 11.6 Å². The van der Waals surface area contributed by atoms with Crippen LogP contribution in [0.2, 0.25) is 5.02 Å². The topological polar surface area (TPSA) is 70.9 Å². The second-order valence-electron chi connectivity index (χ2n) is 7.00. The van der Waals surface area contributed by atoms with Crippen molar-refractivity contribution in [3.05, 3.63) is 82.5 Å². The molecule has 0 aliphatic rings. The zero-order valence-electron chi connectivity index (χ0n) is 15.5. The van der Waals surface area contributed by atoms with Crippen LogP contribution in [-0.4, -0.2) is 19.6 Å². The summed E-state index contributed by atoms with van der Waals surface area (Å²) in [6.45, 7) is 0. The summed E-state index contributed by atoms with van der Waals surface area (Å²) < 4.78 is 2.05. The average molecular weight is 402 g/mol. The van der Waals surface area contributed by atoms with Crippen molar-refractivity contribution >= 4 is 33.4 Å². The molecule has 5 nitrogen and oxygen atoms in total. The minimum Gasteiger partial charge on any atom is -0.506 e. The largest absolute Gasteiger partial charge is 0.506 e. The Labute approximate surface area is 170 Å². The summed E-state index contributed by atoms with van der Waals surface area (Å²) in [5.74, 6) is -0.0875. The molecule has 6 heteroatoms. The van der Waals surface area contributed by atoms with Crippen molar-refractivity contribution < 1.29 is 5.11 Å². The summed E-state index contributed by atoms with van der Waals surface area (Å²) in [6, 6.07) is 15.1. The van der Waals surface area contributed by atoms with Crippen LogP contribution in [0.4, 0.5) is 0 Å². The van der Waals surface area contributed by atoms with Gasteiger partial charge in [0, 0.05) is 53.1 Å². The average Bonchev–Trinajstić information content (AvgIpc) is 3.08. The Balaban J connectivity index is 1.77. The van der Waals surface area contributed by atoms with Crippen LogP contribution < -0.4 is 5.56 Å². The molecule has 0 amide bonds. The quantitative estimate of drug-likeness (QED) is 0.432. The fraction of sp³-hybridized carbons (Fsp3) is 0.0435. The molecule has 5 aromatic rings. The highest BCUT2D eigenvalue weighted by atomic mass is 35.5. The molecular weight excluding hydrogens is 386 g/mol. The first-order chi connectivity index (χ1) is 14.0. The number of aromatic hydroxyl groups is 1. The maximum Gasteiger partial charge on any atom is 0.260 e. The van der Waals surface area contributed by atoms with Gasteiger partial charge in [0.2, 0.25) is 0 Å². The van der Waals surface area contributed by atoms with Crippen molar-refractivity contribution in [3.63, 3.8) is 0 Å². The maximum atomic E-state index is 12.6. The number of halogens is 1. The van der Waals surface area contributed by atoms with Gasteiger partial charge in [-0.15, -0.1) is 0 Å². The van der Waals surface area contributed by atoms with Gasteiger partial charge in [-0.3, -0.25) is 9.78 Å². The molecule has 29 heavy (non-hydrogen) atoms. The predicted molar refractivity (Wildman–Crippen MR) is 116 cm³/mol. The number of aromatic nitrogens is 3. The number of H-pyrrole nitrogens is 1. The van der Waals surface area contributed by atoms with Gasteiger partial charge in [-0.25, -0.2) is 0 Å². The summed E-state index contributed by atoms with van der Waals surface area (Å²) >= 11 is 6.54. The minimum atomic E-state index is -0.391. The SMILES string of the molecule is Cn1ccc2cc(-c3cc4c(O)c(-c5cccnc5)c(=O)[nH]c4cc3Cl)ccc21. The zero-order chi connectivity index (χ0) is 20.1. The van der Waals surface area contributed by atoms with Gasteiger partial charge in [0.15, 0.2) is 0 Å². The molecule has 0 bridgehead atoms. The smallest absolute Gasteiger partial charge is 0.260 e. The Hall–Kier alpha value is -3.57. The van der Waals surface area contributed by atoms with Crippen LogP contribution in [0.3, 0.4) is 0 Å². The molecule has 0 aliphatic carbocycles. The lowest BCUT2D eigenvalue weighted by Gasteiger charge is -2.11. The van der Waals surface area contributed by atoms with Gasteiger partial charge in [0.25, 0.3) is 5.56 Å². The molecule has 2 aromatic carbocycles. The van der Waals surface area contributed by atoms with E-state index in [-0.39, 0.29) is 11.3 Å². The first-order valence-electron chi connectivity index (χ1n) is 9.07. The van der Waals surface area contributed by atoms with Crippen LogP contribution in [0.5, 0.6) is 5.75 Å². The highest BCUT2D eigenvalue weighted by molar-refractivity contribution is 6.34. The van der Waals surface area contributed by atoms with Crippen LogP contribution in [0.1, 0.15) is 0 Å². The van der Waals surface area contributed by atoms with E-state index in [2.05, 4.69) is 20.6 Å². The van der Waals surface area contributed by atoms with Crippen LogP contribution in [0, 0.1) is 0 Å². The lowest BCUT2D eigenvalue weighted by atomic mass is 9.99. The number of nitrogens with zero attached hydrogens (tertiary/aromatic N) is 2. The van der Waals surface area contributed by atoms with E-state index in [0.717, 1.165) is 22.0 Å². The lowest BCUT2D eigenvalue weighted by Crippen LogP contribution is -2.09. The predicted octanol–water partition coefficient (Wildman–Crippen LogP) is 5.11. The monoisotopic (exact) mass is 401 g/mol. The molecule has 0 saturated carbocycles. The molecule has 0 unspecified atom stereocenters. The summed E-state index contributed by atoms with van der Waals surface area (Å²) in [5.41, 5.74) is 3.67. The van der Waals surface area contributed by atoms with Crippen LogP contribution in [-0.2, 0) is 7.05 Å². The van der Waals surface area contributed by atoms with Gasteiger partial charge in [0.1, 0.15) is 5.75 Å². The number of aryl methyl sites for hydroxylation is 1. The number of hydrogen-bond donors (Lipinski definition) is 2. The van der Waals surface area contributed by atoms with Gasteiger partial charge >= 0.3 is 0 Å². The number of aromatic amines is 1. The standard InChI is InChI=1S/C23H16ClN3O2/c1-27-8-6-14-9-13(4-5-20(14)27)16-10-17-19(11-18(16)24)26-23(29)21(22(17)28)15-3-2-7-25-12-15/h2-12H,1H3,(H2,26,28,29). The van der Waals surface area contributed by atoms with Gasteiger partial charge in [-0.2, -0.15) is 0 Å². The van der Waals surface area contributed by atoms with Crippen LogP contribution in [0.15, 0.2) is 71.9 Å². The number of pyridine rings is 2. The van der Waals surface area contributed by atoms with Gasteiger partial charge in [0.05, 0.1) is 16.1 Å². The molecule has 0 aliphatic heterocycles. The number of hydrogen-bond acceptors (Lipinski definition) is 3. The maximum absolute atomic E-state index is 12.6. The highest BCUT2D eigenvalue weighted by Crippen LogP contribution is 2.38. The van der Waals surface area contributed by atoms with E-state index in [9.17, 15) is 9.90 Å². The van der Waals surface area contributed by atoms with E-state index in [1.54, 1.807) is 30.6 Å². The Morgan fingerprint density at radius 2 is 1.97 bits per heavy atom. The number of fused-ring (bicyclic) bond motifs is 2. The van der Waals surface area contributed by atoms with Gasteiger partial charge < -0.3 is 14.7 Å². The second-order valence-corrected chi connectivity index (χ2v) is 7.40. The van der Waals surface area contributed by atoms with Crippen molar-refractivity contribution in [1.82, 2.24) is 14.5 Å². The highest BCUT2D eigenvalue weighted by Gasteiger charge is 2.16. The first-order valence-corrected chi connectivity index (χ1v) is 9.45. The fourth-order valence-corrected chi connectivity index (χ4v) is 4.02. The molecule has 0 atom stereocenters. The van der Waals surface area contributed by atoms with Crippen LogP contribution in [0.25, 0.3) is 44.1 Å². The summed E-state index contributed by atoms with van der Waals surface area (Å²) in [4.78, 5) is 19.4. The summed E-state index contributed by atoms with van der Waals surface area (Å²) in [5, 5.41) is 13.0. The van der Waals surface area contributed by atoms with Crippen molar-refractivity contribution in [2.24, 2.45) is 7.05 Å². The minimum absolute atomic E-state index is 0.0875. The summed E-state index contributed by atoms with van der Waals surface area (Å²) in [6.07, 6.45) is 5.18. The molecule has 142 valence electrons. The molecule has 3 heterocycles. The molecular formula is C23H16ClN3O2. The zero-order valence-corrected chi connectivity index (χ0v) is 16.2.